The molecule has 0 unspecified atom stereocenters. The van der Waals surface area contributed by atoms with Crippen LogP contribution in [-0.2, 0) is 5.41 Å². The van der Waals surface area contributed by atoms with E-state index in [2.05, 4.69) is 73.3 Å². The molecule has 3 aromatic rings. The zero-order valence-corrected chi connectivity index (χ0v) is 14.6. The summed E-state index contributed by atoms with van der Waals surface area (Å²) in [4.78, 5) is 10.7. The van der Waals surface area contributed by atoms with E-state index in [-0.39, 0.29) is 10.7 Å². The Kier molecular flexibility index (Phi) is 3.83. The van der Waals surface area contributed by atoms with Gasteiger partial charge < -0.3 is 5.32 Å². The molecule has 1 aromatic carbocycles. The van der Waals surface area contributed by atoms with Gasteiger partial charge in [0.05, 0.1) is 5.39 Å². The SMILES string of the molecule is Cc1cc2c(Nc3ccc(C(C)(C)C)cc3)nc(Cl)nc2s1. The number of hydrogen-bond donors (Lipinski definition) is 1. The summed E-state index contributed by atoms with van der Waals surface area (Å²) in [5, 5.41) is 4.62. The van der Waals surface area contributed by atoms with Gasteiger partial charge in [-0.15, -0.1) is 11.3 Å². The van der Waals surface area contributed by atoms with E-state index in [1.54, 1.807) is 11.3 Å². The van der Waals surface area contributed by atoms with Crippen molar-refractivity contribution >= 4 is 44.7 Å². The van der Waals surface area contributed by atoms with Crippen molar-refractivity contribution in [2.75, 3.05) is 5.32 Å². The molecule has 0 fully saturated rings. The van der Waals surface area contributed by atoms with Crippen LogP contribution in [0.2, 0.25) is 5.28 Å². The lowest BCUT2D eigenvalue weighted by Crippen LogP contribution is -2.10. The third-order valence-corrected chi connectivity index (χ3v) is 4.62. The van der Waals surface area contributed by atoms with Crippen molar-refractivity contribution in [2.45, 2.75) is 33.1 Å². The minimum atomic E-state index is 0.147. The highest BCUT2D eigenvalue weighted by Crippen LogP contribution is 2.31. The summed E-state index contributed by atoms with van der Waals surface area (Å²) in [6.07, 6.45) is 0. The van der Waals surface area contributed by atoms with Crippen molar-refractivity contribution in [3.8, 4) is 0 Å². The Balaban J connectivity index is 1.96. The number of benzene rings is 1. The number of thiophene rings is 1. The van der Waals surface area contributed by atoms with E-state index in [1.807, 2.05) is 0 Å². The number of nitrogens with zero attached hydrogens (tertiary/aromatic N) is 2. The molecular formula is C17H18ClN3S. The average molecular weight is 332 g/mol. The lowest BCUT2D eigenvalue weighted by molar-refractivity contribution is 0.590. The van der Waals surface area contributed by atoms with Crippen LogP contribution in [0.15, 0.2) is 30.3 Å². The molecule has 0 aliphatic carbocycles. The largest absolute Gasteiger partial charge is 0.340 e. The van der Waals surface area contributed by atoms with E-state index in [0.29, 0.717) is 0 Å². The Morgan fingerprint density at radius 3 is 2.41 bits per heavy atom. The van der Waals surface area contributed by atoms with E-state index in [9.17, 15) is 0 Å². The maximum absolute atomic E-state index is 6.03. The number of fused-ring (bicyclic) bond motifs is 1. The molecule has 22 heavy (non-hydrogen) atoms. The highest BCUT2D eigenvalue weighted by atomic mass is 35.5. The summed E-state index contributed by atoms with van der Waals surface area (Å²) < 4.78 is 0. The standard InChI is InChI=1S/C17H18ClN3S/c1-10-9-13-14(20-16(18)21-15(13)22-10)19-12-7-5-11(6-8-12)17(2,3)4/h5-9H,1-4H3,(H,19,20,21). The molecule has 0 saturated heterocycles. The number of aromatic nitrogens is 2. The van der Waals surface area contributed by atoms with E-state index in [0.717, 1.165) is 21.7 Å². The maximum atomic E-state index is 6.03. The topological polar surface area (TPSA) is 37.8 Å². The summed E-state index contributed by atoms with van der Waals surface area (Å²) in [6, 6.07) is 10.5. The van der Waals surface area contributed by atoms with Gasteiger partial charge in [0.15, 0.2) is 0 Å². The third-order valence-electron chi connectivity index (χ3n) is 3.50. The van der Waals surface area contributed by atoms with Crippen LogP contribution in [0.5, 0.6) is 0 Å². The van der Waals surface area contributed by atoms with E-state index in [4.69, 9.17) is 11.6 Å². The van der Waals surface area contributed by atoms with E-state index >= 15 is 0 Å². The van der Waals surface area contributed by atoms with Crippen LogP contribution < -0.4 is 5.32 Å². The molecule has 1 N–H and O–H groups in total. The summed E-state index contributed by atoms with van der Waals surface area (Å²) in [7, 11) is 0. The fourth-order valence-electron chi connectivity index (χ4n) is 2.30. The number of aryl methyl sites for hydroxylation is 1. The predicted molar refractivity (Wildman–Crippen MR) is 95.6 cm³/mol. The molecule has 3 nitrogen and oxygen atoms in total. The maximum Gasteiger partial charge on any atom is 0.225 e. The minimum absolute atomic E-state index is 0.147. The molecule has 0 atom stereocenters. The van der Waals surface area contributed by atoms with Crippen molar-refractivity contribution < 1.29 is 0 Å². The van der Waals surface area contributed by atoms with Crippen LogP contribution in [0.1, 0.15) is 31.2 Å². The number of halogens is 1. The number of nitrogens with one attached hydrogen (secondary N) is 1. The molecule has 2 aromatic heterocycles. The minimum Gasteiger partial charge on any atom is -0.340 e. The van der Waals surface area contributed by atoms with Crippen molar-refractivity contribution in [3.63, 3.8) is 0 Å². The van der Waals surface area contributed by atoms with Gasteiger partial charge in [-0.25, -0.2) is 4.98 Å². The van der Waals surface area contributed by atoms with Crippen LogP contribution in [0.4, 0.5) is 11.5 Å². The first-order chi connectivity index (χ1) is 10.3. The summed E-state index contributed by atoms with van der Waals surface area (Å²) >= 11 is 7.65. The van der Waals surface area contributed by atoms with Gasteiger partial charge in [-0.2, -0.15) is 4.98 Å². The zero-order chi connectivity index (χ0) is 15.9. The summed E-state index contributed by atoms with van der Waals surface area (Å²) in [5.41, 5.74) is 2.44. The molecule has 0 spiro atoms. The molecule has 0 radical (unpaired) electrons. The van der Waals surface area contributed by atoms with E-state index < -0.39 is 0 Å². The normalized spacial score (nSPS) is 11.9. The highest BCUT2D eigenvalue weighted by Gasteiger charge is 2.14. The third kappa shape index (κ3) is 3.08. The van der Waals surface area contributed by atoms with Crippen LogP contribution in [0.3, 0.4) is 0 Å². The molecule has 0 saturated carbocycles. The van der Waals surface area contributed by atoms with Gasteiger partial charge in [-0.3, -0.25) is 0 Å². The molecular weight excluding hydrogens is 314 g/mol. The number of rotatable bonds is 2. The van der Waals surface area contributed by atoms with Gasteiger partial charge in [-0.1, -0.05) is 32.9 Å². The van der Waals surface area contributed by atoms with Crippen LogP contribution in [0.25, 0.3) is 10.2 Å². The van der Waals surface area contributed by atoms with Gasteiger partial charge in [0.2, 0.25) is 5.28 Å². The second-order valence-corrected chi connectivity index (χ2v) is 7.94. The first-order valence-corrected chi connectivity index (χ1v) is 8.33. The Bertz CT molecular complexity index is 816. The fraction of sp³-hybridized carbons (Fsp3) is 0.294. The van der Waals surface area contributed by atoms with Crippen LogP contribution >= 0.6 is 22.9 Å². The van der Waals surface area contributed by atoms with Gasteiger partial charge in [0.1, 0.15) is 10.6 Å². The van der Waals surface area contributed by atoms with Crippen LogP contribution in [-0.4, -0.2) is 9.97 Å². The molecule has 114 valence electrons. The summed E-state index contributed by atoms with van der Waals surface area (Å²) in [6.45, 7) is 8.67. The second-order valence-electron chi connectivity index (χ2n) is 6.37. The zero-order valence-electron chi connectivity index (χ0n) is 13.1. The molecule has 0 amide bonds. The molecule has 0 aliphatic rings. The molecule has 3 rings (SSSR count). The lowest BCUT2D eigenvalue weighted by Gasteiger charge is -2.19. The van der Waals surface area contributed by atoms with Crippen molar-refractivity contribution in [1.82, 2.24) is 9.97 Å². The molecule has 0 bridgehead atoms. The van der Waals surface area contributed by atoms with Gasteiger partial charge in [0, 0.05) is 10.6 Å². The molecule has 0 aliphatic heterocycles. The van der Waals surface area contributed by atoms with Crippen molar-refractivity contribution in [1.29, 1.82) is 0 Å². The molecule has 2 heterocycles. The Morgan fingerprint density at radius 1 is 1.09 bits per heavy atom. The average Bonchev–Trinajstić information content (AvgIpc) is 2.78. The van der Waals surface area contributed by atoms with Gasteiger partial charge in [-0.05, 0) is 47.7 Å². The fourth-order valence-corrected chi connectivity index (χ4v) is 3.40. The van der Waals surface area contributed by atoms with Crippen LogP contribution in [0, 0.1) is 6.92 Å². The Labute approximate surface area is 139 Å². The quantitative estimate of drug-likeness (QED) is 0.612. The Hall–Kier alpha value is -1.65. The second kappa shape index (κ2) is 5.52. The Morgan fingerprint density at radius 2 is 1.77 bits per heavy atom. The van der Waals surface area contributed by atoms with Gasteiger partial charge in [0.25, 0.3) is 0 Å². The smallest absolute Gasteiger partial charge is 0.225 e. The highest BCUT2D eigenvalue weighted by molar-refractivity contribution is 7.18. The number of hydrogen-bond acceptors (Lipinski definition) is 4. The van der Waals surface area contributed by atoms with Crippen molar-refractivity contribution in [2.24, 2.45) is 0 Å². The summed E-state index contributed by atoms with van der Waals surface area (Å²) in [5.74, 6) is 0.753. The van der Waals surface area contributed by atoms with E-state index in [1.165, 1.54) is 10.4 Å². The first-order valence-electron chi connectivity index (χ1n) is 7.14. The number of anilines is 2. The van der Waals surface area contributed by atoms with Gasteiger partial charge >= 0.3 is 0 Å². The first kappa shape index (κ1) is 15.3. The monoisotopic (exact) mass is 331 g/mol. The molecule has 5 heteroatoms. The predicted octanol–water partition coefficient (Wildman–Crippen LogP) is 5.69. The lowest BCUT2D eigenvalue weighted by atomic mass is 9.87. The van der Waals surface area contributed by atoms with Crippen molar-refractivity contribution in [3.05, 3.63) is 46.1 Å².